The highest BCUT2D eigenvalue weighted by Gasteiger charge is 2.39. The zero-order chi connectivity index (χ0) is 21.4. The van der Waals surface area contributed by atoms with Crippen LogP contribution in [0.2, 0.25) is 0 Å². The molecule has 0 saturated heterocycles. The summed E-state index contributed by atoms with van der Waals surface area (Å²) in [5, 5.41) is 3.19. The normalized spacial score (nSPS) is 12.5. The van der Waals surface area contributed by atoms with Crippen molar-refractivity contribution in [3.63, 3.8) is 0 Å². The zero-order valence-electron chi connectivity index (χ0n) is 13.2. The zero-order valence-corrected chi connectivity index (χ0v) is 16.3. The molecule has 15 heteroatoms. The molecule has 0 unspecified atom stereocenters. The van der Waals surface area contributed by atoms with Crippen molar-refractivity contribution >= 4 is 39.7 Å². The standard InChI is InChI=1S/C12H8ClF4NO3S.ClHO3S/c1-5-3-8(14)7(4-9(5)22(13,19)20)10-6(2)11(21-18-10)12(15,16)17;1-5(2,3)4/h3-4H,1-2H3;(H,2,3,4). The minimum absolute atomic E-state index is 0.0217. The van der Waals surface area contributed by atoms with E-state index >= 15 is 0 Å². The Hall–Kier alpha value is -1.41. The molecular weight excluding hydrogens is 465 g/mol. The Morgan fingerprint density at radius 3 is 1.96 bits per heavy atom. The number of halogens is 6. The third-order valence-electron chi connectivity index (χ3n) is 2.96. The van der Waals surface area contributed by atoms with E-state index in [1.165, 1.54) is 6.92 Å². The van der Waals surface area contributed by atoms with Crippen LogP contribution in [0.1, 0.15) is 16.9 Å². The van der Waals surface area contributed by atoms with Crippen LogP contribution >= 0.6 is 21.4 Å². The van der Waals surface area contributed by atoms with Gasteiger partial charge in [0.1, 0.15) is 11.5 Å². The van der Waals surface area contributed by atoms with Gasteiger partial charge in [-0.05, 0) is 31.5 Å². The molecule has 152 valence electrons. The van der Waals surface area contributed by atoms with E-state index < -0.39 is 57.9 Å². The Balaban J connectivity index is 0.000000646. The minimum Gasteiger partial charge on any atom is -0.351 e. The van der Waals surface area contributed by atoms with Gasteiger partial charge in [0, 0.05) is 32.5 Å². The fourth-order valence-electron chi connectivity index (χ4n) is 1.95. The Kier molecular flexibility index (Phi) is 6.92. The van der Waals surface area contributed by atoms with E-state index in [4.69, 9.17) is 23.7 Å². The third kappa shape index (κ3) is 6.60. The van der Waals surface area contributed by atoms with Crippen LogP contribution in [0.4, 0.5) is 17.6 Å². The van der Waals surface area contributed by atoms with Crippen LogP contribution in [0.25, 0.3) is 11.3 Å². The number of benzene rings is 1. The summed E-state index contributed by atoms with van der Waals surface area (Å²) >= 11 is 0. The second-order valence-corrected chi connectivity index (χ2v) is 9.46. The van der Waals surface area contributed by atoms with Crippen molar-refractivity contribution in [1.29, 1.82) is 0 Å². The van der Waals surface area contributed by atoms with Crippen LogP contribution in [0.15, 0.2) is 21.6 Å². The lowest BCUT2D eigenvalue weighted by Crippen LogP contribution is -2.05. The molecule has 0 aliphatic rings. The quantitative estimate of drug-likeness (QED) is 0.397. The predicted octanol–water partition coefficient (Wildman–Crippen LogP) is 4.07. The van der Waals surface area contributed by atoms with Gasteiger partial charge in [-0.25, -0.2) is 12.8 Å². The highest BCUT2D eigenvalue weighted by molar-refractivity contribution is 8.13. The van der Waals surface area contributed by atoms with Gasteiger partial charge >= 0.3 is 15.5 Å². The molecule has 0 saturated carbocycles. The Bertz CT molecular complexity index is 1060. The Labute approximate surface area is 159 Å². The molecule has 0 amide bonds. The van der Waals surface area contributed by atoms with Crippen molar-refractivity contribution in [2.45, 2.75) is 24.9 Å². The summed E-state index contributed by atoms with van der Waals surface area (Å²) in [6.45, 7) is 2.35. The number of aryl methyl sites for hydroxylation is 1. The van der Waals surface area contributed by atoms with Crippen molar-refractivity contribution in [2.24, 2.45) is 0 Å². The van der Waals surface area contributed by atoms with Crippen molar-refractivity contribution in [2.75, 3.05) is 0 Å². The van der Waals surface area contributed by atoms with Crippen LogP contribution in [-0.2, 0) is 24.6 Å². The molecule has 0 fully saturated rings. The van der Waals surface area contributed by atoms with Crippen molar-refractivity contribution in [3.8, 4) is 11.3 Å². The van der Waals surface area contributed by atoms with Gasteiger partial charge < -0.3 is 4.52 Å². The molecule has 0 aliphatic heterocycles. The van der Waals surface area contributed by atoms with Gasteiger partial charge in [0.2, 0.25) is 5.76 Å². The number of hydrogen-bond donors (Lipinski definition) is 1. The summed E-state index contributed by atoms with van der Waals surface area (Å²) in [6, 6.07) is 1.68. The SMILES string of the molecule is Cc1cc(F)c(-c2noc(C(F)(F)F)c2C)cc1S(=O)(=O)Cl.O=S(=O)(O)Cl. The molecule has 1 aromatic heterocycles. The van der Waals surface area contributed by atoms with E-state index in [9.17, 15) is 26.0 Å². The highest BCUT2D eigenvalue weighted by atomic mass is 35.7. The van der Waals surface area contributed by atoms with E-state index in [2.05, 4.69) is 20.4 Å². The van der Waals surface area contributed by atoms with E-state index in [0.29, 0.717) is 0 Å². The summed E-state index contributed by atoms with van der Waals surface area (Å²) in [5.41, 5.74) is -1.31. The average Bonchev–Trinajstić information content (AvgIpc) is 2.77. The minimum atomic E-state index is -4.79. The first-order valence-corrected chi connectivity index (χ1v) is 11.0. The first-order chi connectivity index (χ1) is 11.9. The van der Waals surface area contributed by atoms with E-state index in [1.807, 2.05) is 0 Å². The maximum absolute atomic E-state index is 14.0. The van der Waals surface area contributed by atoms with Crippen LogP contribution in [0, 0.1) is 19.7 Å². The predicted molar refractivity (Wildman–Crippen MR) is 86.8 cm³/mol. The van der Waals surface area contributed by atoms with Crippen LogP contribution < -0.4 is 0 Å². The van der Waals surface area contributed by atoms with Gasteiger partial charge in [-0.1, -0.05) is 5.16 Å². The van der Waals surface area contributed by atoms with Gasteiger partial charge in [0.05, 0.1) is 4.90 Å². The van der Waals surface area contributed by atoms with E-state index in [0.717, 1.165) is 19.1 Å². The maximum Gasteiger partial charge on any atom is 0.452 e. The third-order valence-corrected chi connectivity index (χ3v) is 4.43. The molecular formula is C12H9Cl2F4NO6S2. The summed E-state index contributed by atoms with van der Waals surface area (Å²) in [5.74, 6) is -2.32. The summed E-state index contributed by atoms with van der Waals surface area (Å²) in [7, 11) is 0.892. The molecule has 0 spiro atoms. The van der Waals surface area contributed by atoms with Gasteiger partial charge in [-0.3, -0.25) is 4.55 Å². The summed E-state index contributed by atoms with van der Waals surface area (Å²) in [4.78, 5) is -0.415. The number of hydrogen-bond acceptors (Lipinski definition) is 6. The highest BCUT2D eigenvalue weighted by Crippen LogP contribution is 2.38. The molecule has 2 aromatic rings. The molecule has 0 aliphatic carbocycles. The number of alkyl halides is 3. The van der Waals surface area contributed by atoms with Crippen molar-refractivity contribution in [1.82, 2.24) is 5.16 Å². The second-order valence-electron chi connectivity index (χ2n) is 4.93. The topological polar surface area (TPSA) is 115 Å². The molecule has 0 bridgehead atoms. The van der Waals surface area contributed by atoms with Gasteiger partial charge in [0.25, 0.3) is 9.05 Å². The fourth-order valence-corrected chi connectivity index (χ4v) is 3.15. The maximum atomic E-state index is 14.0. The number of rotatable bonds is 2. The van der Waals surface area contributed by atoms with Gasteiger partial charge in [-0.15, -0.1) is 0 Å². The number of nitrogens with zero attached hydrogens (tertiary/aromatic N) is 1. The van der Waals surface area contributed by atoms with Crippen molar-refractivity contribution in [3.05, 3.63) is 34.8 Å². The Morgan fingerprint density at radius 1 is 1.11 bits per heavy atom. The number of aromatic nitrogens is 1. The molecule has 0 radical (unpaired) electrons. The molecule has 7 nitrogen and oxygen atoms in total. The first kappa shape index (κ1) is 23.6. The molecule has 1 N–H and O–H groups in total. The summed E-state index contributed by atoms with van der Waals surface area (Å²) in [6.07, 6.45) is -4.79. The van der Waals surface area contributed by atoms with Gasteiger partial charge in [0.15, 0.2) is 0 Å². The average molecular weight is 474 g/mol. The van der Waals surface area contributed by atoms with Gasteiger partial charge in [-0.2, -0.15) is 21.6 Å². The van der Waals surface area contributed by atoms with Crippen LogP contribution in [0.3, 0.4) is 0 Å². The lowest BCUT2D eigenvalue weighted by atomic mass is 10.0. The Morgan fingerprint density at radius 2 is 1.59 bits per heavy atom. The molecule has 27 heavy (non-hydrogen) atoms. The largest absolute Gasteiger partial charge is 0.452 e. The molecule has 2 rings (SSSR count). The van der Waals surface area contributed by atoms with Crippen LogP contribution in [0.5, 0.6) is 0 Å². The monoisotopic (exact) mass is 473 g/mol. The molecule has 1 aromatic carbocycles. The van der Waals surface area contributed by atoms with E-state index in [-0.39, 0.29) is 5.56 Å². The smallest absolute Gasteiger partial charge is 0.351 e. The summed E-state index contributed by atoms with van der Waals surface area (Å²) < 4.78 is 104. The fraction of sp³-hybridized carbons (Fsp3) is 0.250. The second kappa shape index (κ2) is 7.91. The lowest BCUT2D eigenvalue weighted by molar-refractivity contribution is -0.156. The molecule has 1 heterocycles. The van der Waals surface area contributed by atoms with Crippen LogP contribution in [-0.4, -0.2) is 26.5 Å². The van der Waals surface area contributed by atoms with E-state index in [1.54, 1.807) is 0 Å². The van der Waals surface area contributed by atoms with Crippen molar-refractivity contribution < 1.29 is 43.5 Å². The first-order valence-electron chi connectivity index (χ1n) is 6.38. The lowest BCUT2D eigenvalue weighted by Gasteiger charge is -2.07. The molecule has 0 atom stereocenters.